The molecule has 108 valence electrons. The maximum absolute atomic E-state index is 10.7. The number of hydrogen-bond donors (Lipinski definition) is 1. The van der Waals surface area contributed by atoms with E-state index in [1.807, 2.05) is 0 Å². The number of fused-ring (bicyclic) bond motifs is 1. The first-order chi connectivity index (χ1) is 9.70. The summed E-state index contributed by atoms with van der Waals surface area (Å²) in [5.74, 6) is 0. The largest absolute Gasteiger partial charge is 0.423 e. The molecule has 2 rings (SSSR count). The summed E-state index contributed by atoms with van der Waals surface area (Å²) >= 11 is 0. The van der Waals surface area contributed by atoms with Crippen molar-refractivity contribution in [3.63, 3.8) is 0 Å². The van der Waals surface area contributed by atoms with Gasteiger partial charge in [0.15, 0.2) is 5.58 Å². The van der Waals surface area contributed by atoms with Crippen LogP contribution in [-0.2, 0) is 4.74 Å². The highest BCUT2D eigenvalue weighted by Gasteiger charge is 2.11. The van der Waals surface area contributed by atoms with Crippen LogP contribution in [0.1, 0.15) is 19.8 Å². The van der Waals surface area contributed by atoms with Crippen molar-refractivity contribution in [3.8, 4) is 0 Å². The lowest BCUT2D eigenvalue weighted by atomic mass is 10.3. The molecule has 2 aromatic rings. The van der Waals surface area contributed by atoms with E-state index in [2.05, 4.69) is 17.2 Å². The lowest BCUT2D eigenvalue weighted by Gasteiger charge is -2.03. The zero-order valence-electron chi connectivity index (χ0n) is 11.3. The van der Waals surface area contributed by atoms with Crippen LogP contribution in [0.2, 0.25) is 0 Å². The molecule has 0 amide bonds. The quantitative estimate of drug-likeness (QED) is 0.454. The Kier molecular flexibility index (Phi) is 4.89. The second kappa shape index (κ2) is 6.85. The molecule has 0 aliphatic rings. The highest BCUT2D eigenvalue weighted by Crippen LogP contribution is 2.23. The van der Waals surface area contributed by atoms with E-state index >= 15 is 0 Å². The van der Waals surface area contributed by atoms with Crippen LogP contribution in [-0.4, -0.2) is 29.7 Å². The van der Waals surface area contributed by atoms with E-state index < -0.39 is 4.92 Å². The van der Waals surface area contributed by atoms with Crippen molar-refractivity contribution >= 4 is 22.8 Å². The van der Waals surface area contributed by atoms with Gasteiger partial charge in [-0.25, -0.2) is 0 Å². The number of unbranched alkanes of at least 4 members (excludes halogenated alkanes) is 1. The number of oxazole rings is 1. The summed E-state index contributed by atoms with van der Waals surface area (Å²) < 4.78 is 10.8. The van der Waals surface area contributed by atoms with Gasteiger partial charge in [-0.3, -0.25) is 10.1 Å². The van der Waals surface area contributed by atoms with Crippen LogP contribution in [0.5, 0.6) is 0 Å². The molecule has 1 heterocycles. The van der Waals surface area contributed by atoms with E-state index in [1.54, 1.807) is 6.07 Å². The van der Waals surface area contributed by atoms with Crippen molar-refractivity contribution < 1.29 is 14.1 Å². The second-order valence-electron chi connectivity index (χ2n) is 4.32. The zero-order chi connectivity index (χ0) is 14.4. The van der Waals surface area contributed by atoms with Gasteiger partial charge in [-0.1, -0.05) is 13.3 Å². The topological polar surface area (TPSA) is 90.4 Å². The average Bonchev–Trinajstić information content (AvgIpc) is 2.84. The van der Waals surface area contributed by atoms with Crippen LogP contribution in [0, 0.1) is 10.1 Å². The highest BCUT2D eigenvalue weighted by molar-refractivity contribution is 5.77. The number of nitro groups is 1. The fourth-order valence-corrected chi connectivity index (χ4v) is 1.68. The van der Waals surface area contributed by atoms with Gasteiger partial charge in [0.2, 0.25) is 0 Å². The van der Waals surface area contributed by atoms with Crippen LogP contribution < -0.4 is 5.32 Å². The molecule has 0 radical (unpaired) electrons. The summed E-state index contributed by atoms with van der Waals surface area (Å²) in [6.45, 7) is 4.01. The fourth-order valence-electron chi connectivity index (χ4n) is 1.68. The Labute approximate surface area is 116 Å². The Hall–Kier alpha value is -2.15. The van der Waals surface area contributed by atoms with Crippen LogP contribution in [0.3, 0.4) is 0 Å². The first-order valence-electron chi connectivity index (χ1n) is 6.57. The van der Waals surface area contributed by atoms with Gasteiger partial charge in [0.05, 0.1) is 17.6 Å². The van der Waals surface area contributed by atoms with Gasteiger partial charge < -0.3 is 14.5 Å². The molecule has 0 unspecified atom stereocenters. The molecule has 0 saturated carbocycles. The van der Waals surface area contributed by atoms with Gasteiger partial charge in [-0.05, 0) is 12.5 Å². The van der Waals surface area contributed by atoms with Crippen LogP contribution in [0.25, 0.3) is 11.1 Å². The molecule has 0 atom stereocenters. The van der Waals surface area contributed by atoms with Gasteiger partial charge in [0, 0.05) is 19.2 Å². The standard InChI is InChI=1S/C13H17N3O4/c1-2-3-7-19-8-6-14-13-15-11-5-4-10(16(17)18)9-12(11)20-13/h4-5,9H,2-3,6-8H2,1H3,(H,14,15). The Morgan fingerprint density at radius 3 is 3.05 bits per heavy atom. The fraction of sp³-hybridized carbons (Fsp3) is 0.462. The van der Waals surface area contributed by atoms with Gasteiger partial charge in [0.25, 0.3) is 11.7 Å². The molecule has 0 bridgehead atoms. The predicted octanol–water partition coefficient (Wildman–Crippen LogP) is 2.96. The molecule has 1 aromatic heterocycles. The summed E-state index contributed by atoms with van der Waals surface area (Å²) in [4.78, 5) is 14.4. The van der Waals surface area contributed by atoms with Crippen molar-refractivity contribution in [2.75, 3.05) is 25.1 Å². The first-order valence-corrected chi connectivity index (χ1v) is 6.57. The predicted molar refractivity (Wildman–Crippen MR) is 74.9 cm³/mol. The summed E-state index contributed by atoms with van der Waals surface area (Å²) in [5.41, 5.74) is 0.974. The number of nitro benzene ring substituents is 1. The summed E-state index contributed by atoms with van der Waals surface area (Å²) in [7, 11) is 0. The number of rotatable bonds is 8. The normalized spacial score (nSPS) is 10.8. The molecule has 0 fully saturated rings. The van der Waals surface area contributed by atoms with Crippen molar-refractivity contribution in [2.45, 2.75) is 19.8 Å². The number of anilines is 1. The van der Waals surface area contributed by atoms with E-state index in [1.165, 1.54) is 12.1 Å². The Bertz CT molecular complexity index is 582. The number of non-ortho nitro benzene ring substituents is 1. The maximum atomic E-state index is 10.7. The van der Waals surface area contributed by atoms with Gasteiger partial charge in [0.1, 0.15) is 5.52 Å². The smallest absolute Gasteiger partial charge is 0.295 e. The van der Waals surface area contributed by atoms with Crippen LogP contribution in [0.4, 0.5) is 11.7 Å². The molecule has 0 aliphatic carbocycles. The molecule has 1 N–H and O–H groups in total. The molecular formula is C13H17N3O4. The number of benzene rings is 1. The number of aromatic nitrogens is 1. The molecule has 20 heavy (non-hydrogen) atoms. The van der Waals surface area contributed by atoms with Crippen LogP contribution >= 0.6 is 0 Å². The highest BCUT2D eigenvalue weighted by atomic mass is 16.6. The van der Waals surface area contributed by atoms with E-state index in [0.717, 1.165) is 19.4 Å². The SMILES string of the molecule is CCCCOCCNc1nc2ccc([N+](=O)[O-])cc2o1. The minimum atomic E-state index is -0.462. The third kappa shape index (κ3) is 3.67. The average molecular weight is 279 g/mol. The molecule has 0 spiro atoms. The minimum absolute atomic E-state index is 0.0110. The van der Waals surface area contributed by atoms with Gasteiger partial charge in [-0.2, -0.15) is 4.98 Å². The minimum Gasteiger partial charge on any atom is -0.423 e. The molecule has 0 aliphatic heterocycles. The molecule has 0 saturated heterocycles. The molecule has 7 heteroatoms. The summed E-state index contributed by atoms with van der Waals surface area (Å²) in [6.07, 6.45) is 2.16. The third-order valence-electron chi connectivity index (χ3n) is 2.75. The number of nitrogens with zero attached hydrogens (tertiary/aromatic N) is 2. The monoisotopic (exact) mass is 279 g/mol. The van der Waals surface area contributed by atoms with E-state index in [9.17, 15) is 10.1 Å². The first kappa shape index (κ1) is 14.3. The second-order valence-corrected chi connectivity index (χ2v) is 4.32. The lowest BCUT2D eigenvalue weighted by Crippen LogP contribution is -2.10. The van der Waals surface area contributed by atoms with Gasteiger partial charge in [-0.15, -0.1) is 0 Å². The number of hydrogen-bond acceptors (Lipinski definition) is 6. The zero-order valence-corrected chi connectivity index (χ0v) is 11.3. The van der Waals surface area contributed by atoms with Crippen molar-refractivity contribution in [3.05, 3.63) is 28.3 Å². The van der Waals surface area contributed by atoms with E-state index in [-0.39, 0.29) is 5.69 Å². The molecule has 7 nitrogen and oxygen atoms in total. The van der Waals surface area contributed by atoms with Gasteiger partial charge >= 0.3 is 0 Å². The van der Waals surface area contributed by atoms with Crippen molar-refractivity contribution in [2.24, 2.45) is 0 Å². The third-order valence-corrected chi connectivity index (χ3v) is 2.75. The maximum Gasteiger partial charge on any atom is 0.295 e. The molecular weight excluding hydrogens is 262 g/mol. The number of ether oxygens (including phenoxy) is 1. The summed E-state index contributed by atoms with van der Waals surface area (Å²) in [6, 6.07) is 4.69. The van der Waals surface area contributed by atoms with Crippen molar-refractivity contribution in [1.29, 1.82) is 0 Å². The Morgan fingerprint density at radius 2 is 2.30 bits per heavy atom. The number of nitrogens with one attached hydrogen (secondary N) is 1. The van der Waals surface area contributed by atoms with Crippen LogP contribution in [0.15, 0.2) is 22.6 Å². The Balaban J connectivity index is 1.89. The van der Waals surface area contributed by atoms with E-state index in [0.29, 0.717) is 30.3 Å². The lowest BCUT2D eigenvalue weighted by molar-refractivity contribution is -0.384. The summed E-state index contributed by atoms with van der Waals surface area (Å²) in [5, 5.41) is 13.6. The Morgan fingerprint density at radius 1 is 1.45 bits per heavy atom. The molecule has 1 aromatic carbocycles. The van der Waals surface area contributed by atoms with Crippen molar-refractivity contribution in [1.82, 2.24) is 4.98 Å². The van der Waals surface area contributed by atoms with E-state index in [4.69, 9.17) is 9.15 Å².